The van der Waals surface area contributed by atoms with E-state index in [0.717, 1.165) is 23.4 Å². The van der Waals surface area contributed by atoms with Crippen LogP contribution < -0.4 is 0 Å². The maximum Gasteiger partial charge on any atom is 0.179 e. The lowest BCUT2D eigenvalue weighted by Crippen LogP contribution is -2.18. The molecule has 96 valence electrons. The van der Waals surface area contributed by atoms with Gasteiger partial charge in [-0.15, -0.1) is 0 Å². The third-order valence-corrected chi connectivity index (χ3v) is 4.85. The first-order chi connectivity index (χ1) is 9.20. The summed E-state index contributed by atoms with van der Waals surface area (Å²) in [6.45, 7) is 0. The van der Waals surface area contributed by atoms with Gasteiger partial charge >= 0.3 is 0 Å². The van der Waals surface area contributed by atoms with Gasteiger partial charge in [0, 0.05) is 16.8 Å². The number of hydrogen-bond donors (Lipinski definition) is 0. The predicted octanol–water partition coefficient (Wildman–Crippen LogP) is 4.24. The van der Waals surface area contributed by atoms with Crippen molar-refractivity contribution in [3.8, 4) is 0 Å². The van der Waals surface area contributed by atoms with E-state index in [1.54, 1.807) is 42.2 Å². The fourth-order valence-electron chi connectivity index (χ4n) is 1.96. The second kappa shape index (κ2) is 4.99. The number of thioether (sulfide) groups is 1. The van der Waals surface area contributed by atoms with Crippen LogP contribution in [0.5, 0.6) is 0 Å². The number of carbonyl (C=O) groups excluding carboxylic acids is 1. The van der Waals surface area contributed by atoms with Crippen LogP contribution in [-0.2, 0) is 0 Å². The molecule has 2 nitrogen and oxygen atoms in total. The quantitative estimate of drug-likeness (QED) is 0.789. The van der Waals surface area contributed by atoms with Gasteiger partial charge in [0.1, 0.15) is 0 Å². The van der Waals surface area contributed by atoms with Gasteiger partial charge in [-0.3, -0.25) is 4.79 Å². The van der Waals surface area contributed by atoms with Gasteiger partial charge in [-0.2, -0.15) is 0 Å². The van der Waals surface area contributed by atoms with Crippen molar-refractivity contribution in [2.24, 2.45) is 0 Å². The van der Waals surface area contributed by atoms with Gasteiger partial charge in [-0.05, 0) is 49.2 Å². The van der Waals surface area contributed by atoms with E-state index < -0.39 is 0 Å². The van der Waals surface area contributed by atoms with Gasteiger partial charge in [0.15, 0.2) is 5.78 Å². The Morgan fingerprint density at radius 2 is 1.89 bits per heavy atom. The van der Waals surface area contributed by atoms with Crippen LogP contribution in [0.25, 0.3) is 0 Å². The summed E-state index contributed by atoms with van der Waals surface area (Å²) in [7, 11) is 0. The average molecular weight is 290 g/mol. The number of Topliss-reactive ketones (excluding diaryl/α,β-unsaturated/α-hetero) is 1. The molecule has 1 aromatic carbocycles. The highest BCUT2D eigenvalue weighted by Gasteiger charge is 2.51. The lowest BCUT2D eigenvalue weighted by molar-refractivity contribution is 0.0981. The monoisotopic (exact) mass is 289 g/mol. The molecule has 0 amide bonds. The summed E-state index contributed by atoms with van der Waals surface area (Å²) in [5.41, 5.74) is 0.727. The van der Waals surface area contributed by atoms with Crippen molar-refractivity contribution < 1.29 is 4.79 Å². The van der Waals surface area contributed by atoms with Crippen molar-refractivity contribution in [3.63, 3.8) is 0 Å². The number of nitrogens with zero attached hydrogens (tertiary/aromatic N) is 1. The molecular weight excluding hydrogens is 278 g/mol. The normalized spacial score (nSPS) is 16.1. The molecule has 1 aromatic heterocycles. The van der Waals surface area contributed by atoms with E-state index in [1.807, 2.05) is 18.2 Å². The number of aromatic nitrogens is 1. The zero-order valence-corrected chi connectivity index (χ0v) is 11.7. The first-order valence-electron chi connectivity index (χ1n) is 6.10. The highest BCUT2D eigenvalue weighted by molar-refractivity contribution is 8.01. The van der Waals surface area contributed by atoms with Crippen molar-refractivity contribution >= 4 is 29.1 Å². The standard InChI is InChI=1S/C15H12ClNOS/c16-12-6-4-11(5-7-12)14(18)15(8-9-15)19-13-3-1-2-10-17-13/h1-7,10H,8-9H2. The summed E-state index contributed by atoms with van der Waals surface area (Å²) in [6, 6.07) is 12.9. The van der Waals surface area contributed by atoms with Crippen molar-refractivity contribution in [1.29, 1.82) is 0 Å². The number of rotatable bonds is 4. The Bertz CT molecular complexity index is 593. The second-order valence-electron chi connectivity index (χ2n) is 4.60. The fourth-order valence-corrected chi connectivity index (χ4v) is 3.26. The molecule has 0 N–H and O–H groups in total. The van der Waals surface area contributed by atoms with Crippen molar-refractivity contribution in [1.82, 2.24) is 4.98 Å². The Hall–Kier alpha value is -1.32. The van der Waals surface area contributed by atoms with Gasteiger partial charge in [0.05, 0.1) is 9.77 Å². The average Bonchev–Trinajstić information content (AvgIpc) is 3.21. The molecule has 0 saturated heterocycles. The fraction of sp³-hybridized carbons (Fsp3) is 0.200. The Morgan fingerprint density at radius 3 is 2.47 bits per heavy atom. The van der Waals surface area contributed by atoms with Gasteiger partial charge in [0.25, 0.3) is 0 Å². The zero-order valence-electron chi connectivity index (χ0n) is 10.2. The van der Waals surface area contributed by atoms with Crippen LogP contribution >= 0.6 is 23.4 Å². The van der Waals surface area contributed by atoms with Crippen LogP contribution in [0.1, 0.15) is 23.2 Å². The van der Waals surface area contributed by atoms with Crippen LogP contribution in [0, 0.1) is 0 Å². The van der Waals surface area contributed by atoms with E-state index in [4.69, 9.17) is 11.6 Å². The first kappa shape index (κ1) is 12.7. The lowest BCUT2D eigenvalue weighted by atomic mass is 10.1. The third kappa shape index (κ3) is 2.67. The molecule has 0 atom stereocenters. The minimum Gasteiger partial charge on any atom is -0.293 e. The molecule has 0 spiro atoms. The molecule has 2 aromatic rings. The van der Waals surface area contributed by atoms with Crippen LogP contribution in [0.3, 0.4) is 0 Å². The van der Waals surface area contributed by atoms with Gasteiger partial charge in [-0.25, -0.2) is 4.98 Å². The third-order valence-electron chi connectivity index (χ3n) is 3.16. The van der Waals surface area contributed by atoms with Crippen molar-refractivity contribution in [2.45, 2.75) is 22.6 Å². The zero-order chi connectivity index (χ0) is 13.3. The molecule has 3 rings (SSSR count). The Morgan fingerprint density at radius 1 is 1.16 bits per heavy atom. The van der Waals surface area contributed by atoms with Crippen LogP contribution in [-0.4, -0.2) is 15.5 Å². The molecule has 4 heteroatoms. The van der Waals surface area contributed by atoms with Gasteiger partial charge < -0.3 is 0 Å². The Labute approximate surface area is 121 Å². The molecule has 1 aliphatic rings. The predicted molar refractivity (Wildman–Crippen MR) is 77.8 cm³/mol. The molecule has 1 saturated carbocycles. The van der Waals surface area contributed by atoms with Crippen LogP contribution in [0.4, 0.5) is 0 Å². The van der Waals surface area contributed by atoms with E-state index in [0.29, 0.717) is 5.02 Å². The smallest absolute Gasteiger partial charge is 0.179 e. The minimum absolute atomic E-state index is 0.180. The van der Waals surface area contributed by atoms with Gasteiger partial charge in [-0.1, -0.05) is 29.4 Å². The summed E-state index contributed by atoms with van der Waals surface area (Å²) < 4.78 is -0.317. The highest BCUT2D eigenvalue weighted by atomic mass is 35.5. The van der Waals surface area contributed by atoms with Crippen LogP contribution in [0.15, 0.2) is 53.7 Å². The minimum atomic E-state index is -0.317. The maximum absolute atomic E-state index is 12.6. The summed E-state index contributed by atoms with van der Waals surface area (Å²) in [4.78, 5) is 16.8. The van der Waals surface area contributed by atoms with Crippen molar-refractivity contribution in [2.75, 3.05) is 0 Å². The van der Waals surface area contributed by atoms with E-state index in [1.165, 1.54) is 0 Å². The van der Waals surface area contributed by atoms with E-state index in [-0.39, 0.29) is 10.5 Å². The van der Waals surface area contributed by atoms with Crippen molar-refractivity contribution in [3.05, 3.63) is 59.2 Å². The first-order valence-corrected chi connectivity index (χ1v) is 7.29. The summed E-state index contributed by atoms with van der Waals surface area (Å²) in [5.74, 6) is 0.180. The molecular formula is C15H12ClNOS. The second-order valence-corrected chi connectivity index (χ2v) is 6.44. The summed E-state index contributed by atoms with van der Waals surface area (Å²) >= 11 is 7.42. The van der Waals surface area contributed by atoms with E-state index in [9.17, 15) is 4.79 Å². The maximum atomic E-state index is 12.6. The Kier molecular flexibility index (Phi) is 3.33. The number of benzene rings is 1. The number of halogens is 1. The van der Waals surface area contributed by atoms with E-state index in [2.05, 4.69) is 4.98 Å². The molecule has 1 heterocycles. The number of pyridine rings is 1. The lowest BCUT2D eigenvalue weighted by Gasteiger charge is -2.13. The molecule has 0 aliphatic heterocycles. The Balaban J connectivity index is 1.81. The summed E-state index contributed by atoms with van der Waals surface area (Å²) in [6.07, 6.45) is 3.58. The number of ketones is 1. The van der Waals surface area contributed by atoms with Crippen LogP contribution in [0.2, 0.25) is 5.02 Å². The molecule has 1 aliphatic carbocycles. The molecule has 1 fully saturated rings. The van der Waals surface area contributed by atoms with E-state index >= 15 is 0 Å². The summed E-state index contributed by atoms with van der Waals surface area (Å²) in [5, 5.41) is 1.56. The topological polar surface area (TPSA) is 30.0 Å². The molecule has 19 heavy (non-hydrogen) atoms. The molecule has 0 radical (unpaired) electrons. The molecule has 0 unspecified atom stereocenters. The number of carbonyl (C=O) groups is 1. The molecule has 0 bridgehead atoms. The highest BCUT2D eigenvalue weighted by Crippen LogP contribution is 2.53. The van der Waals surface area contributed by atoms with Gasteiger partial charge in [0.2, 0.25) is 0 Å². The largest absolute Gasteiger partial charge is 0.293 e. The SMILES string of the molecule is O=C(c1ccc(Cl)cc1)C1(Sc2ccccn2)CC1. The number of hydrogen-bond acceptors (Lipinski definition) is 3.